The van der Waals surface area contributed by atoms with E-state index in [1.807, 2.05) is 0 Å². The molecule has 6 rings (SSSR count). The van der Waals surface area contributed by atoms with Crippen LogP contribution in [0.5, 0.6) is 0 Å². The van der Waals surface area contributed by atoms with Crippen LogP contribution in [0.15, 0.2) is 84.9 Å². The second kappa shape index (κ2) is 17.8. The molecular formula is C44H51Cl2Zr-3. The normalized spacial score (nSPS) is 10.7. The summed E-state index contributed by atoms with van der Waals surface area (Å²) in [5.74, 6) is 1.14. The Morgan fingerprint density at radius 1 is 0.511 bits per heavy atom. The van der Waals surface area contributed by atoms with E-state index in [0.717, 1.165) is 0 Å². The SMILES string of the molecule is Cc1ccc(-c2c(C)cc(C)c3[cH-]c(C(C)C)cc23)cc1.Cc1ccc(-c2c(C)cc(C)c3[cH-]c(C(C)C)cc23)cc1.[CH2-]C.[Cl][Zr][Cl]. The number of hydrogen-bond donors (Lipinski definition) is 0. The van der Waals surface area contributed by atoms with Crippen molar-refractivity contribution in [3.8, 4) is 22.3 Å². The van der Waals surface area contributed by atoms with E-state index < -0.39 is 20.8 Å². The molecule has 0 heterocycles. The molecule has 248 valence electrons. The minimum atomic E-state index is -0.826. The van der Waals surface area contributed by atoms with Crippen molar-refractivity contribution in [2.45, 2.75) is 88.0 Å². The van der Waals surface area contributed by atoms with Gasteiger partial charge in [0.25, 0.3) is 0 Å². The number of aryl methyl sites for hydroxylation is 6. The molecule has 0 atom stereocenters. The second-order valence-corrected chi connectivity index (χ2v) is 16.8. The molecule has 0 saturated carbocycles. The summed E-state index contributed by atoms with van der Waals surface area (Å²) in [6.45, 7) is 27.2. The van der Waals surface area contributed by atoms with Crippen LogP contribution < -0.4 is 0 Å². The van der Waals surface area contributed by atoms with Crippen molar-refractivity contribution < 1.29 is 20.8 Å². The zero-order chi connectivity index (χ0) is 35.0. The van der Waals surface area contributed by atoms with E-state index in [9.17, 15) is 0 Å². The van der Waals surface area contributed by atoms with Gasteiger partial charge < -0.3 is 6.92 Å². The van der Waals surface area contributed by atoms with E-state index in [0.29, 0.717) is 11.8 Å². The maximum atomic E-state index is 4.93. The van der Waals surface area contributed by atoms with E-state index in [1.165, 1.54) is 88.3 Å². The molecule has 6 aromatic carbocycles. The van der Waals surface area contributed by atoms with Gasteiger partial charge in [-0.15, -0.1) is 55.9 Å². The van der Waals surface area contributed by atoms with E-state index in [1.54, 1.807) is 6.92 Å². The summed E-state index contributed by atoms with van der Waals surface area (Å²) in [6.07, 6.45) is 0. The molecule has 0 unspecified atom stereocenters. The van der Waals surface area contributed by atoms with E-state index in [-0.39, 0.29) is 0 Å². The van der Waals surface area contributed by atoms with Gasteiger partial charge in [0.15, 0.2) is 0 Å². The predicted octanol–water partition coefficient (Wildman–Crippen LogP) is 14.8. The molecule has 0 bridgehead atoms. The molecule has 0 fully saturated rings. The van der Waals surface area contributed by atoms with Crippen molar-refractivity contribution in [1.82, 2.24) is 0 Å². The van der Waals surface area contributed by atoms with Crippen LogP contribution in [0.3, 0.4) is 0 Å². The molecule has 0 aromatic heterocycles. The first-order valence-corrected chi connectivity index (χ1v) is 22.9. The molecule has 0 aliphatic rings. The molecule has 47 heavy (non-hydrogen) atoms. The van der Waals surface area contributed by atoms with Crippen molar-refractivity contribution in [3.05, 3.63) is 136 Å². The zero-order valence-electron chi connectivity index (χ0n) is 30.2. The summed E-state index contributed by atoms with van der Waals surface area (Å²) < 4.78 is 0. The molecule has 6 aromatic rings. The zero-order valence-corrected chi connectivity index (χ0v) is 34.2. The number of fused-ring (bicyclic) bond motifs is 2. The molecular weight excluding hydrogens is 691 g/mol. The van der Waals surface area contributed by atoms with Gasteiger partial charge in [-0.1, -0.05) is 136 Å². The first-order chi connectivity index (χ1) is 22.4. The third kappa shape index (κ3) is 9.38. The van der Waals surface area contributed by atoms with Crippen molar-refractivity contribution in [1.29, 1.82) is 0 Å². The summed E-state index contributed by atoms with van der Waals surface area (Å²) >= 11 is -0.826. The number of halogens is 2. The molecule has 0 saturated heterocycles. The fourth-order valence-corrected chi connectivity index (χ4v) is 6.37. The number of rotatable bonds is 4. The van der Waals surface area contributed by atoms with Gasteiger partial charge >= 0.3 is 37.9 Å². The first kappa shape index (κ1) is 39.0. The van der Waals surface area contributed by atoms with Gasteiger partial charge in [0.2, 0.25) is 0 Å². The Morgan fingerprint density at radius 3 is 1.09 bits per heavy atom. The third-order valence-corrected chi connectivity index (χ3v) is 8.88. The summed E-state index contributed by atoms with van der Waals surface area (Å²) in [7, 11) is 9.87. The van der Waals surface area contributed by atoms with Gasteiger partial charge in [0.1, 0.15) is 0 Å². The van der Waals surface area contributed by atoms with Crippen molar-refractivity contribution in [2.75, 3.05) is 0 Å². The molecule has 0 spiro atoms. The Labute approximate surface area is 303 Å². The van der Waals surface area contributed by atoms with Crippen LogP contribution in [-0.4, -0.2) is 0 Å². The average molecular weight is 742 g/mol. The third-order valence-electron chi connectivity index (χ3n) is 8.88. The van der Waals surface area contributed by atoms with Gasteiger partial charge in [-0.2, -0.15) is 19.1 Å². The van der Waals surface area contributed by atoms with Gasteiger partial charge in [-0.3, -0.25) is 0 Å². The van der Waals surface area contributed by atoms with Crippen LogP contribution in [0.2, 0.25) is 0 Å². The second-order valence-electron chi connectivity index (χ2n) is 13.1. The van der Waals surface area contributed by atoms with Crippen LogP contribution in [0, 0.1) is 48.5 Å². The van der Waals surface area contributed by atoms with Crippen LogP contribution in [0.25, 0.3) is 43.8 Å². The fourth-order valence-electron chi connectivity index (χ4n) is 6.37. The summed E-state index contributed by atoms with van der Waals surface area (Å²) in [4.78, 5) is 0. The van der Waals surface area contributed by atoms with E-state index in [2.05, 4.69) is 161 Å². The molecule has 0 aliphatic heterocycles. The van der Waals surface area contributed by atoms with Gasteiger partial charge in [-0.25, -0.2) is 0 Å². The quantitative estimate of drug-likeness (QED) is 0.158. The maximum absolute atomic E-state index is 4.93. The van der Waals surface area contributed by atoms with Gasteiger partial charge in [0, 0.05) is 0 Å². The average Bonchev–Trinajstić information content (AvgIpc) is 3.68. The fraction of sp³-hybridized carbons (Fsp3) is 0.295. The Kier molecular flexibility index (Phi) is 14.8. The van der Waals surface area contributed by atoms with Crippen LogP contribution in [0.4, 0.5) is 0 Å². The Hall–Kier alpha value is -2.44. The van der Waals surface area contributed by atoms with Crippen molar-refractivity contribution >= 4 is 38.6 Å². The van der Waals surface area contributed by atoms with Gasteiger partial charge in [0.05, 0.1) is 0 Å². The number of hydrogen-bond acceptors (Lipinski definition) is 0. The Bertz CT molecular complexity index is 1740. The van der Waals surface area contributed by atoms with E-state index in [4.69, 9.17) is 17.0 Å². The Balaban J connectivity index is 0.000000225. The van der Waals surface area contributed by atoms with Gasteiger partial charge in [-0.05, 0) is 50.7 Å². The number of benzene rings is 4. The molecule has 3 heteroatoms. The van der Waals surface area contributed by atoms with Crippen LogP contribution in [-0.2, 0) is 20.8 Å². The van der Waals surface area contributed by atoms with Crippen LogP contribution in [0.1, 0.15) is 91.0 Å². The molecule has 0 radical (unpaired) electrons. The van der Waals surface area contributed by atoms with Crippen molar-refractivity contribution in [2.24, 2.45) is 0 Å². The standard InChI is InChI=1S/2C21H23.C2H5.2ClH.Zr/c2*1-13(2)18-11-19-15(4)10-16(5)21(20(19)12-18)17-8-6-14(3)7-9-17;1-2;;;/h2*6-13H,1-5H3;1H2,2H3;2*1H;/q3*-1;;;+2/p-2. The molecule has 0 nitrogen and oxygen atoms in total. The molecule has 0 amide bonds. The Morgan fingerprint density at radius 2 is 0.809 bits per heavy atom. The molecule has 0 N–H and O–H groups in total. The predicted molar refractivity (Wildman–Crippen MR) is 209 cm³/mol. The molecule has 0 aliphatic carbocycles. The monoisotopic (exact) mass is 739 g/mol. The first-order valence-electron chi connectivity index (χ1n) is 16.6. The minimum absolute atomic E-state index is 0.572. The summed E-state index contributed by atoms with van der Waals surface area (Å²) in [5, 5.41) is 5.61. The van der Waals surface area contributed by atoms with E-state index >= 15 is 0 Å². The summed E-state index contributed by atoms with van der Waals surface area (Å²) in [5.41, 5.74) is 16.4. The summed E-state index contributed by atoms with van der Waals surface area (Å²) in [6, 6.07) is 31.9. The van der Waals surface area contributed by atoms with Crippen LogP contribution >= 0.6 is 17.0 Å². The van der Waals surface area contributed by atoms with Crippen molar-refractivity contribution in [3.63, 3.8) is 0 Å². The topological polar surface area (TPSA) is 0 Å².